The van der Waals surface area contributed by atoms with Crippen molar-refractivity contribution in [3.05, 3.63) is 66.7 Å². The van der Waals surface area contributed by atoms with Gasteiger partial charge < -0.3 is 24.2 Å². The van der Waals surface area contributed by atoms with Gasteiger partial charge in [-0.1, -0.05) is 12.1 Å². The first-order chi connectivity index (χ1) is 16.2. The maximum absolute atomic E-state index is 12.9. The fraction of sp³-hybridized carbons (Fsp3) is 0.308. The summed E-state index contributed by atoms with van der Waals surface area (Å²) in [6.45, 7) is 3.08. The molecule has 0 aliphatic carbocycles. The van der Waals surface area contributed by atoms with Gasteiger partial charge in [-0.05, 0) is 60.2 Å². The van der Waals surface area contributed by atoms with Gasteiger partial charge >= 0.3 is 6.36 Å². The first-order valence-corrected chi connectivity index (χ1v) is 11.0. The lowest BCUT2D eigenvalue weighted by Gasteiger charge is -2.38. The number of piperazine rings is 1. The van der Waals surface area contributed by atoms with E-state index >= 15 is 0 Å². The van der Waals surface area contributed by atoms with Crippen molar-refractivity contribution in [2.45, 2.75) is 6.36 Å². The number of hydrogen-bond acceptors (Lipinski definition) is 5. The molecule has 5 nitrogen and oxygen atoms in total. The Labute approximate surface area is 197 Å². The van der Waals surface area contributed by atoms with Gasteiger partial charge in [0.25, 0.3) is 0 Å². The fourth-order valence-corrected chi connectivity index (χ4v) is 4.16. The smallest absolute Gasteiger partial charge is 0.497 e. The summed E-state index contributed by atoms with van der Waals surface area (Å²) in [7, 11) is 5.53. The Morgan fingerprint density at radius 1 is 0.765 bits per heavy atom. The molecule has 0 amide bonds. The minimum atomic E-state index is -4.74. The molecule has 1 fully saturated rings. The zero-order chi connectivity index (χ0) is 24.3. The minimum absolute atomic E-state index is 0.222. The van der Waals surface area contributed by atoms with Gasteiger partial charge in [0.2, 0.25) is 0 Å². The van der Waals surface area contributed by atoms with E-state index in [-0.39, 0.29) is 5.75 Å². The van der Waals surface area contributed by atoms with E-state index in [4.69, 9.17) is 4.74 Å². The largest absolute Gasteiger partial charge is 0.573 e. The van der Waals surface area contributed by atoms with E-state index in [9.17, 15) is 13.2 Å². The van der Waals surface area contributed by atoms with Crippen LogP contribution in [0.2, 0.25) is 0 Å². The van der Waals surface area contributed by atoms with Gasteiger partial charge in [0, 0.05) is 62.9 Å². The van der Waals surface area contributed by atoms with Gasteiger partial charge in [0.1, 0.15) is 11.5 Å². The lowest BCUT2D eigenvalue weighted by Crippen LogP contribution is -2.46. The molecule has 34 heavy (non-hydrogen) atoms. The number of benzene rings is 3. The van der Waals surface area contributed by atoms with Crippen LogP contribution in [0, 0.1) is 0 Å². The van der Waals surface area contributed by atoms with Crippen LogP contribution in [0.15, 0.2) is 66.7 Å². The first-order valence-electron chi connectivity index (χ1n) is 11.0. The van der Waals surface area contributed by atoms with Crippen molar-refractivity contribution in [1.82, 2.24) is 0 Å². The van der Waals surface area contributed by atoms with E-state index in [2.05, 4.69) is 14.5 Å². The van der Waals surface area contributed by atoms with Gasteiger partial charge in [0.15, 0.2) is 0 Å². The minimum Gasteiger partial charge on any atom is -0.497 e. The molecule has 0 bridgehead atoms. The van der Waals surface area contributed by atoms with Gasteiger partial charge in [-0.2, -0.15) is 0 Å². The van der Waals surface area contributed by atoms with Crippen LogP contribution in [0.1, 0.15) is 0 Å². The van der Waals surface area contributed by atoms with Crippen LogP contribution in [0.3, 0.4) is 0 Å². The average molecular weight is 472 g/mol. The number of hydrogen-bond donors (Lipinski definition) is 0. The quantitative estimate of drug-likeness (QED) is 0.463. The zero-order valence-electron chi connectivity index (χ0n) is 19.5. The van der Waals surface area contributed by atoms with Crippen molar-refractivity contribution >= 4 is 17.1 Å². The number of methoxy groups -OCH3 is 1. The van der Waals surface area contributed by atoms with Crippen molar-refractivity contribution < 1.29 is 22.6 Å². The van der Waals surface area contributed by atoms with E-state index in [1.165, 1.54) is 12.1 Å². The second kappa shape index (κ2) is 9.75. The summed E-state index contributed by atoms with van der Waals surface area (Å²) in [6.07, 6.45) is -4.74. The third-order valence-electron chi connectivity index (χ3n) is 5.95. The SMILES string of the molecule is COc1ccc(N2CCN(c3ccc(OC(F)(F)F)cc3-c3ccc(N(C)C)cc3)CC2)cc1. The van der Waals surface area contributed by atoms with Crippen LogP contribution in [-0.4, -0.2) is 53.7 Å². The molecule has 3 aromatic rings. The summed E-state index contributed by atoms with van der Waals surface area (Å²) in [5.41, 5.74) is 4.58. The number of anilines is 3. The predicted octanol–water partition coefficient (Wildman–Crippen LogP) is 5.65. The average Bonchev–Trinajstić information content (AvgIpc) is 2.83. The monoisotopic (exact) mass is 471 g/mol. The summed E-state index contributed by atoms with van der Waals surface area (Å²) in [6, 6.07) is 20.3. The lowest BCUT2D eigenvalue weighted by molar-refractivity contribution is -0.274. The molecule has 1 aliphatic heterocycles. The van der Waals surface area contributed by atoms with Crippen LogP contribution in [-0.2, 0) is 0 Å². The highest BCUT2D eigenvalue weighted by Gasteiger charge is 2.31. The molecular weight excluding hydrogens is 443 g/mol. The fourth-order valence-electron chi connectivity index (χ4n) is 4.16. The van der Waals surface area contributed by atoms with Crippen molar-refractivity contribution in [2.75, 3.05) is 62.1 Å². The molecular formula is C26H28F3N3O2. The van der Waals surface area contributed by atoms with Crippen molar-refractivity contribution in [3.63, 3.8) is 0 Å². The Hall–Kier alpha value is -3.55. The topological polar surface area (TPSA) is 28.2 Å². The van der Waals surface area contributed by atoms with E-state index in [1.807, 2.05) is 67.5 Å². The van der Waals surface area contributed by atoms with Crippen molar-refractivity contribution in [2.24, 2.45) is 0 Å². The molecule has 0 radical (unpaired) electrons. The second-order valence-corrected chi connectivity index (χ2v) is 8.34. The molecule has 1 aliphatic rings. The lowest BCUT2D eigenvalue weighted by atomic mass is 10.0. The number of alkyl halides is 3. The molecule has 0 aromatic heterocycles. The first kappa shape index (κ1) is 23.6. The van der Waals surface area contributed by atoms with Gasteiger partial charge in [-0.3, -0.25) is 0 Å². The Bertz CT molecular complexity index is 1090. The van der Waals surface area contributed by atoms with Crippen LogP contribution < -0.4 is 24.2 Å². The summed E-state index contributed by atoms with van der Waals surface area (Å²) in [5, 5.41) is 0. The molecule has 0 atom stereocenters. The maximum atomic E-state index is 12.9. The zero-order valence-corrected chi connectivity index (χ0v) is 19.5. The van der Waals surface area contributed by atoms with Gasteiger partial charge in [-0.15, -0.1) is 13.2 Å². The van der Waals surface area contributed by atoms with E-state index < -0.39 is 6.36 Å². The standard InChI is InChI=1S/C26H28F3N3O2/c1-30(2)20-6-4-19(5-7-20)24-18-23(34-26(27,28)29)12-13-25(24)32-16-14-31(15-17-32)21-8-10-22(33-3)11-9-21/h4-13,18H,14-17H2,1-3H3. The van der Waals surface area contributed by atoms with E-state index in [0.29, 0.717) is 5.56 Å². The Balaban J connectivity index is 1.59. The third kappa shape index (κ3) is 5.50. The number of nitrogens with zero attached hydrogens (tertiary/aromatic N) is 3. The Morgan fingerprint density at radius 2 is 1.35 bits per heavy atom. The summed E-state index contributed by atoms with van der Waals surface area (Å²) >= 11 is 0. The molecule has 0 saturated carbocycles. The highest BCUT2D eigenvalue weighted by Crippen LogP contribution is 2.37. The van der Waals surface area contributed by atoms with Crippen LogP contribution >= 0.6 is 0 Å². The Kier molecular flexibility index (Phi) is 6.77. The Morgan fingerprint density at radius 3 is 1.91 bits per heavy atom. The highest BCUT2D eigenvalue weighted by atomic mass is 19.4. The van der Waals surface area contributed by atoms with Gasteiger partial charge in [0.05, 0.1) is 7.11 Å². The summed E-state index contributed by atoms with van der Waals surface area (Å²) < 4.78 is 48.1. The number of ether oxygens (including phenoxy) is 2. The third-order valence-corrected chi connectivity index (χ3v) is 5.95. The van der Waals surface area contributed by atoms with Crippen LogP contribution in [0.5, 0.6) is 11.5 Å². The highest BCUT2D eigenvalue weighted by molar-refractivity contribution is 5.81. The molecule has 4 rings (SSSR count). The normalized spacial score (nSPS) is 14.2. The molecule has 3 aromatic carbocycles. The van der Waals surface area contributed by atoms with Gasteiger partial charge in [-0.25, -0.2) is 0 Å². The van der Waals surface area contributed by atoms with E-state index in [1.54, 1.807) is 13.2 Å². The molecule has 1 heterocycles. The molecule has 180 valence electrons. The summed E-state index contributed by atoms with van der Waals surface area (Å²) in [4.78, 5) is 6.49. The molecule has 0 spiro atoms. The number of halogens is 3. The summed E-state index contributed by atoms with van der Waals surface area (Å²) in [5.74, 6) is 0.591. The second-order valence-electron chi connectivity index (χ2n) is 8.34. The predicted molar refractivity (Wildman–Crippen MR) is 130 cm³/mol. The van der Waals surface area contributed by atoms with Crippen LogP contribution in [0.4, 0.5) is 30.2 Å². The molecule has 8 heteroatoms. The van der Waals surface area contributed by atoms with Crippen LogP contribution in [0.25, 0.3) is 11.1 Å². The van der Waals surface area contributed by atoms with E-state index in [0.717, 1.165) is 54.6 Å². The number of rotatable bonds is 6. The van der Waals surface area contributed by atoms with Crippen molar-refractivity contribution in [3.8, 4) is 22.6 Å². The molecule has 0 N–H and O–H groups in total. The molecule has 0 unspecified atom stereocenters. The molecule has 1 saturated heterocycles. The maximum Gasteiger partial charge on any atom is 0.573 e. The van der Waals surface area contributed by atoms with Crippen molar-refractivity contribution in [1.29, 1.82) is 0 Å².